The van der Waals surface area contributed by atoms with Gasteiger partial charge in [0, 0.05) is 42.4 Å². The monoisotopic (exact) mass is 444 g/mol. The van der Waals surface area contributed by atoms with Gasteiger partial charge < -0.3 is 14.7 Å². The SMILES string of the molecule is COc1cc(-c2cc(F)cc(F)c2)c(F)cc1-n1c2c(ccc1=O)C(C)N(C(=O)O)CC2. The molecule has 0 aliphatic carbocycles. The van der Waals surface area contributed by atoms with E-state index in [2.05, 4.69) is 0 Å². The van der Waals surface area contributed by atoms with Crippen LogP contribution in [0, 0.1) is 17.5 Å². The Bertz CT molecular complexity index is 1270. The van der Waals surface area contributed by atoms with Crippen LogP contribution >= 0.6 is 0 Å². The van der Waals surface area contributed by atoms with Crippen molar-refractivity contribution in [1.82, 2.24) is 9.47 Å². The van der Waals surface area contributed by atoms with Crippen molar-refractivity contribution in [3.8, 4) is 22.6 Å². The Hall–Kier alpha value is -3.75. The van der Waals surface area contributed by atoms with Crippen molar-refractivity contribution >= 4 is 6.09 Å². The standard InChI is InChI=1S/C23H19F3N2O4/c1-12-16-3-4-22(29)28(19(16)5-6-27(12)23(30)31)20-11-18(26)17(10-21(20)32-2)13-7-14(24)9-15(25)8-13/h3-4,7-12H,5-6H2,1-2H3,(H,30,31). The van der Waals surface area contributed by atoms with Gasteiger partial charge in [-0.15, -0.1) is 0 Å². The summed E-state index contributed by atoms with van der Waals surface area (Å²) >= 11 is 0. The fourth-order valence-electron chi connectivity index (χ4n) is 4.16. The maximum absolute atomic E-state index is 15.1. The van der Waals surface area contributed by atoms with Gasteiger partial charge in [-0.25, -0.2) is 18.0 Å². The van der Waals surface area contributed by atoms with E-state index in [0.29, 0.717) is 17.3 Å². The molecule has 2 aromatic carbocycles. The van der Waals surface area contributed by atoms with Crippen molar-refractivity contribution in [2.24, 2.45) is 0 Å². The Morgan fingerprint density at radius 2 is 1.78 bits per heavy atom. The molecule has 1 atom stereocenters. The zero-order valence-electron chi connectivity index (χ0n) is 17.2. The number of benzene rings is 2. The van der Waals surface area contributed by atoms with Crippen LogP contribution in [-0.4, -0.2) is 34.3 Å². The minimum Gasteiger partial charge on any atom is -0.495 e. The quantitative estimate of drug-likeness (QED) is 0.645. The van der Waals surface area contributed by atoms with Gasteiger partial charge in [-0.3, -0.25) is 9.36 Å². The molecule has 1 aromatic heterocycles. The Balaban J connectivity index is 1.91. The van der Waals surface area contributed by atoms with Crippen molar-refractivity contribution < 1.29 is 27.8 Å². The molecule has 2 heterocycles. The first-order valence-electron chi connectivity index (χ1n) is 9.80. The molecule has 3 aromatic rings. The summed E-state index contributed by atoms with van der Waals surface area (Å²) in [6, 6.07) is 7.39. The molecule has 6 nitrogen and oxygen atoms in total. The van der Waals surface area contributed by atoms with Gasteiger partial charge >= 0.3 is 6.09 Å². The van der Waals surface area contributed by atoms with E-state index in [1.165, 1.54) is 28.7 Å². The molecule has 0 saturated heterocycles. The predicted octanol–water partition coefficient (Wildman–Crippen LogP) is 4.53. The van der Waals surface area contributed by atoms with E-state index in [0.717, 1.165) is 18.2 Å². The van der Waals surface area contributed by atoms with E-state index in [1.807, 2.05) is 0 Å². The molecule has 0 bridgehead atoms. The first-order valence-corrected chi connectivity index (χ1v) is 9.80. The number of hydrogen-bond donors (Lipinski definition) is 1. The lowest BCUT2D eigenvalue weighted by atomic mass is 9.97. The Morgan fingerprint density at radius 1 is 1.09 bits per heavy atom. The maximum atomic E-state index is 15.1. The van der Waals surface area contributed by atoms with Crippen LogP contribution in [0.15, 0.2) is 47.3 Å². The second-order valence-corrected chi connectivity index (χ2v) is 7.47. The topological polar surface area (TPSA) is 71.8 Å². The highest BCUT2D eigenvalue weighted by molar-refractivity contribution is 5.70. The number of ether oxygens (including phenoxy) is 1. The molecule has 0 fully saturated rings. The molecule has 1 aliphatic rings. The molecule has 1 unspecified atom stereocenters. The van der Waals surface area contributed by atoms with E-state index in [1.54, 1.807) is 13.0 Å². The number of carboxylic acid groups (broad SMARTS) is 1. The van der Waals surface area contributed by atoms with Gasteiger partial charge in [-0.1, -0.05) is 0 Å². The molecule has 166 valence electrons. The van der Waals surface area contributed by atoms with Crippen LogP contribution in [0.5, 0.6) is 5.75 Å². The van der Waals surface area contributed by atoms with E-state index >= 15 is 4.39 Å². The molecule has 9 heteroatoms. The second-order valence-electron chi connectivity index (χ2n) is 7.47. The number of hydrogen-bond acceptors (Lipinski definition) is 3. The smallest absolute Gasteiger partial charge is 0.407 e. The lowest BCUT2D eigenvalue weighted by Gasteiger charge is -2.34. The molecular weight excluding hydrogens is 425 g/mol. The molecule has 4 rings (SSSR count). The molecule has 0 saturated carbocycles. The summed E-state index contributed by atoms with van der Waals surface area (Å²) < 4.78 is 49.1. The van der Waals surface area contributed by atoms with Crippen LogP contribution in [0.2, 0.25) is 0 Å². The number of rotatable bonds is 3. The van der Waals surface area contributed by atoms with Crippen molar-refractivity contribution in [1.29, 1.82) is 0 Å². The van der Waals surface area contributed by atoms with Crippen molar-refractivity contribution in [2.45, 2.75) is 19.4 Å². The number of halogens is 3. The number of methoxy groups -OCH3 is 1. The van der Waals surface area contributed by atoms with Gasteiger partial charge in [0.25, 0.3) is 5.56 Å². The van der Waals surface area contributed by atoms with Crippen LogP contribution in [0.1, 0.15) is 24.2 Å². The van der Waals surface area contributed by atoms with Crippen molar-refractivity contribution in [3.05, 3.63) is 81.5 Å². The molecule has 32 heavy (non-hydrogen) atoms. The average molecular weight is 444 g/mol. The van der Waals surface area contributed by atoms with Gasteiger partial charge in [0.15, 0.2) is 0 Å². The van der Waals surface area contributed by atoms with Gasteiger partial charge in [0.2, 0.25) is 0 Å². The third-order valence-corrected chi connectivity index (χ3v) is 5.66. The summed E-state index contributed by atoms with van der Waals surface area (Å²) in [5.41, 5.74) is 0.734. The Labute approximate surface area is 181 Å². The minimum atomic E-state index is -1.07. The number of aromatic nitrogens is 1. The highest BCUT2D eigenvalue weighted by Gasteiger charge is 2.30. The summed E-state index contributed by atoms with van der Waals surface area (Å²) in [6.45, 7) is 1.87. The van der Waals surface area contributed by atoms with Crippen LogP contribution < -0.4 is 10.3 Å². The van der Waals surface area contributed by atoms with Gasteiger partial charge in [0.1, 0.15) is 23.2 Å². The number of fused-ring (bicyclic) bond motifs is 1. The zero-order valence-corrected chi connectivity index (χ0v) is 17.2. The molecule has 0 spiro atoms. The van der Waals surface area contributed by atoms with Gasteiger partial charge in [-0.2, -0.15) is 0 Å². The summed E-state index contributed by atoms with van der Waals surface area (Å²) in [7, 11) is 1.34. The number of carbonyl (C=O) groups is 1. The third kappa shape index (κ3) is 3.59. The number of amides is 1. The highest BCUT2D eigenvalue weighted by Crippen LogP contribution is 2.35. The van der Waals surface area contributed by atoms with E-state index in [9.17, 15) is 23.5 Å². The highest BCUT2D eigenvalue weighted by atomic mass is 19.1. The number of pyridine rings is 1. The Kier molecular flexibility index (Phi) is 5.41. The molecule has 1 N–H and O–H groups in total. The lowest BCUT2D eigenvalue weighted by molar-refractivity contribution is 0.123. The molecule has 1 amide bonds. The fraction of sp³-hybridized carbons (Fsp3) is 0.217. The number of nitrogens with zero attached hydrogens (tertiary/aromatic N) is 2. The molecule has 0 radical (unpaired) electrons. The third-order valence-electron chi connectivity index (χ3n) is 5.66. The largest absolute Gasteiger partial charge is 0.495 e. The minimum absolute atomic E-state index is 0.0157. The van der Waals surface area contributed by atoms with E-state index in [-0.39, 0.29) is 35.5 Å². The van der Waals surface area contributed by atoms with Crippen molar-refractivity contribution in [3.63, 3.8) is 0 Å². The van der Waals surface area contributed by atoms with E-state index < -0.39 is 35.1 Å². The van der Waals surface area contributed by atoms with Crippen LogP contribution in [0.25, 0.3) is 16.8 Å². The maximum Gasteiger partial charge on any atom is 0.407 e. The lowest BCUT2D eigenvalue weighted by Crippen LogP contribution is -2.40. The van der Waals surface area contributed by atoms with E-state index in [4.69, 9.17) is 4.74 Å². The predicted molar refractivity (Wildman–Crippen MR) is 111 cm³/mol. The molecular formula is C23H19F3N2O4. The van der Waals surface area contributed by atoms with Crippen LogP contribution in [0.3, 0.4) is 0 Å². The van der Waals surface area contributed by atoms with Gasteiger partial charge in [0.05, 0.1) is 18.8 Å². The summed E-state index contributed by atoms with van der Waals surface area (Å²) in [5, 5.41) is 9.41. The van der Waals surface area contributed by atoms with Crippen LogP contribution in [-0.2, 0) is 6.42 Å². The molecule has 1 aliphatic heterocycles. The summed E-state index contributed by atoms with van der Waals surface area (Å²) in [6.07, 6.45) is -0.833. The summed E-state index contributed by atoms with van der Waals surface area (Å²) in [4.78, 5) is 25.5. The normalized spacial score (nSPS) is 15.4. The second kappa shape index (κ2) is 8.07. The Morgan fingerprint density at radius 3 is 2.41 bits per heavy atom. The summed E-state index contributed by atoms with van der Waals surface area (Å²) in [5.74, 6) is -2.39. The average Bonchev–Trinajstić information content (AvgIpc) is 2.72. The zero-order chi connectivity index (χ0) is 23.2. The first kappa shape index (κ1) is 21.5. The first-order chi connectivity index (χ1) is 15.2. The van der Waals surface area contributed by atoms with Gasteiger partial charge in [-0.05, 0) is 42.3 Å². The fourth-order valence-corrected chi connectivity index (χ4v) is 4.16. The van der Waals surface area contributed by atoms with Crippen molar-refractivity contribution in [2.75, 3.05) is 13.7 Å². The van der Waals surface area contributed by atoms with Crippen LogP contribution in [0.4, 0.5) is 18.0 Å².